The van der Waals surface area contributed by atoms with E-state index in [0.717, 1.165) is 12.8 Å². The van der Waals surface area contributed by atoms with Crippen LogP contribution in [0.15, 0.2) is 12.2 Å². The van der Waals surface area contributed by atoms with Gasteiger partial charge in [0.1, 0.15) is 6.10 Å². The molecule has 0 heterocycles. The van der Waals surface area contributed by atoms with Gasteiger partial charge < -0.3 is 4.74 Å². The van der Waals surface area contributed by atoms with Gasteiger partial charge in [-0.3, -0.25) is 0 Å². The first-order chi connectivity index (χ1) is 7.86. The second kappa shape index (κ2) is 5.70. The van der Waals surface area contributed by atoms with Gasteiger partial charge in [0, 0.05) is 5.57 Å². The molecule has 17 heavy (non-hydrogen) atoms. The van der Waals surface area contributed by atoms with Gasteiger partial charge in [0.05, 0.1) is 0 Å². The molecule has 0 N–H and O–H groups in total. The van der Waals surface area contributed by atoms with Crippen molar-refractivity contribution in [3.8, 4) is 0 Å². The topological polar surface area (TPSA) is 26.3 Å². The van der Waals surface area contributed by atoms with E-state index in [-0.39, 0.29) is 12.1 Å². The third kappa shape index (κ3) is 3.86. The Labute approximate surface area is 105 Å². The third-order valence-electron chi connectivity index (χ3n) is 3.93. The smallest absolute Gasteiger partial charge is 0.333 e. The van der Waals surface area contributed by atoms with Crippen LogP contribution in [0.5, 0.6) is 0 Å². The van der Waals surface area contributed by atoms with Crippen LogP contribution >= 0.6 is 0 Å². The predicted molar refractivity (Wildman–Crippen MR) is 70.7 cm³/mol. The monoisotopic (exact) mass is 238 g/mol. The van der Waals surface area contributed by atoms with Crippen LogP contribution in [0, 0.1) is 11.3 Å². The lowest BCUT2D eigenvalue weighted by molar-refractivity contribution is -0.144. The van der Waals surface area contributed by atoms with Gasteiger partial charge in [-0.15, -0.1) is 0 Å². The molecule has 2 nitrogen and oxygen atoms in total. The molecule has 0 bridgehead atoms. The number of carbonyl (C=O) groups excluding carboxylic acids is 1. The zero-order chi connectivity index (χ0) is 13.1. The average Bonchev–Trinajstić information content (AvgIpc) is 2.49. The molecule has 0 radical (unpaired) electrons. The lowest BCUT2D eigenvalue weighted by Crippen LogP contribution is -2.18. The van der Waals surface area contributed by atoms with Crippen molar-refractivity contribution in [2.75, 3.05) is 0 Å². The Morgan fingerprint density at radius 2 is 2.12 bits per heavy atom. The highest BCUT2D eigenvalue weighted by molar-refractivity contribution is 5.87. The summed E-state index contributed by atoms with van der Waals surface area (Å²) >= 11 is 0. The molecule has 1 rings (SSSR count). The van der Waals surface area contributed by atoms with E-state index in [1.165, 1.54) is 19.3 Å². The van der Waals surface area contributed by atoms with E-state index in [9.17, 15) is 4.79 Å². The van der Waals surface area contributed by atoms with Crippen LogP contribution < -0.4 is 0 Å². The fourth-order valence-corrected chi connectivity index (χ4v) is 2.77. The Bertz CT molecular complexity index is 291. The number of esters is 1. The second-order valence-electron chi connectivity index (χ2n) is 6.08. The second-order valence-corrected chi connectivity index (χ2v) is 6.08. The molecule has 0 spiro atoms. The van der Waals surface area contributed by atoms with Crippen molar-refractivity contribution in [2.24, 2.45) is 11.3 Å². The maximum Gasteiger partial charge on any atom is 0.333 e. The number of unbranched alkanes of at least 4 members (excludes halogenated alkanes) is 1. The highest BCUT2D eigenvalue weighted by atomic mass is 16.5. The summed E-state index contributed by atoms with van der Waals surface area (Å²) in [7, 11) is 0. The van der Waals surface area contributed by atoms with E-state index in [4.69, 9.17) is 4.74 Å². The summed E-state index contributed by atoms with van der Waals surface area (Å²) in [5, 5.41) is 0. The maximum atomic E-state index is 11.5. The molecule has 0 amide bonds. The van der Waals surface area contributed by atoms with Crippen molar-refractivity contribution in [3.05, 3.63) is 12.2 Å². The first kappa shape index (κ1) is 14.3. The molecule has 2 unspecified atom stereocenters. The summed E-state index contributed by atoms with van der Waals surface area (Å²) in [5.41, 5.74) is 0.801. The largest absolute Gasteiger partial charge is 0.459 e. The van der Waals surface area contributed by atoms with Crippen LogP contribution in [-0.2, 0) is 9.53 Å². The van der Waals surface area contributed by atoms with Gasteiger partial charge in [0.2, 0.25) is 0 Å². The number of rotatable bonds is 5. The fourth-order valence-electron chi connectivity index (χ4n) is 2.77. The molecular weight excluding hydrogens is 212 g/mol. The minimum absolute atomic E-state index is 0.0936. The summed E-state index contributed by atoms with van der Waals surface area (Å²) in [6.07, 6.45) is 5.87. The quantitative estimate of drug-likeness (QED) is 0.532. The summed E-state index contributed by atoms with van der Waals surface area (Å²) in [4.78, 5) is 11.5. The van der Waals surface area contributed by atoms with Crippen LogP contribution in [0.3, 0.4) is 0 Å². The Morgan fingerprint density at radius 3 is 2.65 bits per heavy atom. The normalized spacial score (nSPS) is 26.8. The van der Waals surface area contributed by atoms with Crippen molar-refractivity contribution < 1.29 is 9.53 Å². The number of hydrogen-bond donors (Lipinski definition) is 0. The van der Waals surface area contributed by atoms with Gasteiger partial charge in [-0.25, -0.2) is 4.79 Å². The molecule has 2 atom stereocenters. The van der Waals surface area contributed by atoms with E-state index < -0.39 is 0 Å². The molecule has 0 saturated heterocycles. The Hall–Kier alpha value is -0.790. The molecule has 98 valence electrons. The summed E-state index contributed by atoms with van der Waals surface area (Å²) in [6.45, 7) is 12.1. The molecule has 1 aliphatic rings. The van der Waals surface area contributed by atoms with Gasteiger partial charge in [-0.2, -0.15) is 0 Å². The lowest BCUT2D eigenvalue weighted by Gasteiger charge is -2.26. The Morgan fingerprint density at radius 1 is 1.47 bits per heavy atom. The van der Waals surface area contributed by atoms with Crippen LogP contribution in [0.4, 0.5) is 0 Å². The molecule has 2 heteroatoms. The van der Waals surface area contributed by atoms with Crippen molar-refractivity contribution in [2.45, 2.75) is 65.9 Å². The van der Waals surface area contributed by atoms with Crippen molar-refractivity contribution in [1.29, 1.82) is 0 Å². The molecule has 0 aromatic carbocycles. The fraction of sp³-hybridized carbons (Fsp3) is 0.800. The molecule has 1 fully saturated rings. The molecule has 0 aromatic heterocycles. The molecule has 1 aliphatic carbocycles. The summed E-state index contributed by atoms with van der Waals surface area (Å²) in [5.74, 6) is 0.451. The van der Waals surface area contributed by atoms with Gasteiger partial charge >= 0.3 is 5.97 Å². The summed E-state index contributed by atoms with van der Waals surface area (Å²) in [6, 6.07) is 0. The van der Waals surface area contributed by atoms with Crippen LogP contribution in [-0.4, -0.2) is 12.1 Å². The zero-order valence-corrected chi connectivity index (χ0v) is 11.7. The van der Waals surface area contributed by atoms with Crippen molar-refractivity contribution >= 4 is 5.97 Å². The highest BCUT2D eigenvalue weighted by Crippen LogP contribution is 2.46. The van der Waals surface area contributed by atoms with Crippen LogP contribution in [0.25, 0.3) is 0 Å². The van der Waals surface area contributed by atoms with Gasteiger partial charge in [-0.05, 0) is 37.5 Å². The van der Waals surface area contributed by atoms with E-state index in [2.05, 4.69) is 27.4 Å². The average molecular weight is 238 g/mol. The molecular formula is C15H26O2. The summed E-state index contributed by atoms with van der Waals surface area (Å²) < 4.78 is 5.48. The molecule has 0 aliphatic heterocycles. The van der Waals surface area contributed by atoms with Crippen LogP contribution in [0.1, 0.15) is 59.8 Å². The third-order valence-corrected chi connectivity index (χ3v) is 3.93. The SMILES string of the molecule is C=C(C)C(=O)OC1CC(CCCC)C(C)(C)C1. The van der Waals surface area contributed by atoms with Gasteiger partial charge in [-0.1, -0.05) is 40.2 Å². The highest BCUT2D eigenvalue weighted by Gasteiger charge is 2.41. The maximum absolute atomic E-state index is 11.5. The van der Waals surface area contributed by atoms with Gasteiger partial charge in [0.15, 0.2) is 0 Å². The first-order valence-corrected chi connectivity index (χ1v) is 6.73. The first-order valence-electron chi connectivity index (χ1n) is 6.73. The molecule has 0 aromatic rings. The predicted octanol–water partition coefficient (Wildman–Crippen LogP) is 4.10. The lowest BCUT2D eigenvalue weighted by atomic mass is 9.79. The minimum Gasteiger partial charge on any atom is -0.459 e. The van der Waals surface area contributed by atoms with Crippen LogP contribution in [0.2, 0.25) is 0 Å². The number of hydrogen-bond acceptors (Lipinski definition) is 2. The zero-order valence-electron chi connectivity index (χ0n) is 11.7. The number of carbonyl (C=O) groups is 1. The number of ether oxygens (including phenoxy) is 1. The van der Waals surface area contributed by atoms with Crippen molar-refractivity contribution in [3.63, 3.8) is 0 Å². The van der Waals surface area contributed by atoms with E-state index in [1.54, 1.807) is 6.92 Å². The van der Waals surface area contributed by atoms with Gasteiger partial charge in [0.25, 0.3) is 0 Å². The van der Waals surface area contributed by atoms with E-state index >= 15 is 0 Å². The minimum atomic E-state index is -0.234. The van der Waals surface area contributed by atoms with Crippen molar-refractivity contribution in [1.82, 2.24) is 0 Å². The Kier molecular flexibility index (Phi) is 4.79. The molecule has 1 saturated carbocycles. The van der Waals surface area contributed by atoms with E-state index in [1.807, 2.05) is 0 Å². The standard InChI is InChI=1S/C15H26O2/c1-6-7-8-12-9-13(10-15(12,4)5)17-14(16)11(2)3/h12-13H,2,6-10H2,1,3-5H3. The van der Waals surface area contributed by atoms with E-state index in [0.29, 0.717) is 16.9 Å². The Balaban J connectivity index is 2.52.